The summed E-state index contributed by atoms with van der Waals surface area (Å²) in [6.45, 7) is 3.87. The summed E-state index contributed by atoms with van der Waals surface area (Å²) >= 11 is 0. The molecular weight excluding hydrogens is 416 g/mol. The van der Waals surface area contributed by atoms with Crippen molar-refractivity contribution in [2.45, 2.75) is 26.7 Å². The molecule has 0 saturated carbocycles. The number of H-pyrrole nitrogens is 1. The Labute approximate surface area is 190 Å². The van der Waals surface area contributed by atoms with Gasteiger partial charge in [0, 0.05) is 24.0 Å². The molecule has 0 amide bonds. The number of benzene rings is 2. The molecule has 1 aliphatic carbocycles. The second kappa shape index (κ2) is 8.05. The topological polar surface area (TPSA) is 116 Å². The maximum absolute atomic E-state index is 12.5. The summed E-state index contributed by atoms with van der Waals surface area (Å²) in [5.74, 6) is -0.0119. The molecule has 5 rings (SSSR count). The van der Waals surface area contributed by atoms with Gasteiger partial charge in [-0.05, 0) is 11.0 Å². The van der Waals surface area contributed by atoms with E-state index >= 15 is 0 Å². The van der Waals surface area contributed by atoms with Crippen LogP contribution in [-0.4, -0.2) is 31.3 Å². The summed E-state index contributed by atoms with van der Waals surface area (Å²) in [4.78, 5) is 12.5. The number of hydrogen-bond acceptors (Lipinski definition) is 7. The standard InChI is InChI=1S/C25H22N6O2/c1-25(2)13-17(32)22(18(33)14-25)27-29-24-20-19(15-9-5-3-6-10-15)21(16-11-7-4-8-12-16)26-28-23(20)30-31-24/h3-12,32H,13-14H2,1-2H3,(H,28,30,31). The number of nitrogens with one attached hydrogen (secondary N) is 1. The summed E-state index contributed by atoms with van der Waals surface area (Å²) in [7, 11) is 0. The molecule has 1 aliphatic rings. The number of aromatic amines is 1. The Morgan fingerprint density at radius 2 is 1.58 bits per heavy atom. The zero-order valence-corrected chi connectivity index (χ0v) is 18.3. The first-order valence-electron chi connectivity index (χ1n) is 10.7. The Kier molecular flexibility index (Phi) is 5.05. The van der Waals surface area contributed by atoms with Crippen LogP contribution in [-0.2, 0) is 4.79 Å². The van der Waals surface area contributed by atoms with E-state index in [0.717, 1.165) is 16.7 Å². The van der Waals surface area contributed by atoms with Crippen molar-refractivity contribution < 1.29 is 9.90 Å². The van der Waals surface area contributed by atoms with Crippen molar-refractivity contribution in [2.24, 2.45) is 15.6 Å². The van der Waals surface area contributed by atoms with Gasteiger partial charge in [-0.1, -0.05) is 74.5 Å². The predicted octanol–water partition coefficient (Wildman–Crippen LogP) is 5.93. The fraction of sp³-hybridized carbons (Fsp3) is 0.200. The van der Waals surface area contributed by atoms with E-state index in [9.17, 15) is 9.90 Å². The highest BCUT2D eigenvalue weighted by molar-refractivity contribution is 6.04. The third kappa shape index (κ3) is 3.91. The summed E-state index contributed by atoms with van der Waals surface area (Å²) in [6, 6.07) is 19.6. The molecule has 0 aliphatic heterocycles. The fourth-order valence-corrected chi connectivity index (χ4v) is 4.14. The van der Waals surface area contributed by atoms with Gasteiger partial charge in [0.1, 0.15) is 11.5 Å². The van der Waals surface area contributed by atoms with E-state index < -0.39 is 0 Å². The minimum Gasteiger partial charge on any atom is -0.510 e. The third-order valence-corrected chi connectivity index (χ3v) is 5.64. The molecule has 0 fully saturated rings. The maximum Gasteiger partial charge on any atom is 0.205 e. The van der Waals surface area contributed by atoms with Crippen LogP contribution in [0.4, 0.5) is 5.82 Å². The Morgan fingerprint density at radius 1 is 0.909 bits per heavy atom. The highest BCUT2D eigenvalue weighted by atomic mass is 16.3. The van der Waals surface area contributed by atoms with Gasteiger partial charge in [0.2, 0.25) is 5.82 Å². The van der Waals surface area contributed by atoms with E-state index in [4.69, 9.17) is 0 Å². The van der Waals surface area contributed by atoms with Gasteiger partial charge in [0.05, 0.1) is 5.39 Å². The highest BCUT2D eigenvalue weighted by Gasteiger charge is 2.33. The molecule has 4 aromatic rings. The minimum absolute atomic E-state index is 0.0166. The van der Waals surface area contributed by atoms with Crippen LogP contribution in [0.3, 0.4) is 0 Å². The quantitative estimate of drug-likeness (QED) is 0.383. The average Bonchev–Trinajstić information content (AvgIpc) is 3.21. The molecule has 2 heterocycles. The lowest BCUT2D eigenvalue weighted by Gasteiger charge is -2.27. The number of aromatic nitrogens is 4. The van der Waals surface area contributed by atoms with Gasteiger partial charge in [0.25, 0.3) is 0 Å². The molecule has 0 saturated heterocycles. The van der Waals surface area contributed by atoms with Gasteiger partial charge in [0.15, 0.2) is 17.1 Å². The molecule has 8 nitrogen and oxygen atoms in total. The van der Waals surface area contributed by atoms with Crippen LogP contribution in [0.1, 0.15) is 26.7 Å². The Balaban J connectivity index is 1.69. The largest absolute Gasteiger partial charge is 0.510 e. The van der Waals surface area contributed by atoms with Gasteiger partial charge in [-0.2, -0.15) is 5.10 Å². The molecule has 33 heavy (non-hydrogen) atoms. The summed E-state index contributed by atoms with van der Waals surface area (Å²) in [6.07, 6.45) is 0.666. The highest BCUT2D eigenvalue weighted by Crippen LogP contribution is 2.40. The van der Waals surface area contributed by atoms with Gasteiger partial charge < -0.3 is 5.11 Å². The minimum atomic E-state index is -0.306. The molecule has 0 radical (unpaired) electrons. The lowest BCUT2D eigenvalue weighted by molar-refractivity contribution is -0.118. The fourth-order valence-electron chi connectivity index (χ4n) is 4.14. The molecule has 2 aromatic carbocycles. The molecule has 2 aromatic heterocycles. The summed E-state index contributed by atoms with van der Waals surface area (Å²) < 4.78 is 0. The van der Waals surface area contributed by atoms with E-state index in [-0.39, 0.29) is 28.5 Å². The number of aliphatic hydroxyl groups excluding tert-OH is 1. The van der Waals surface area contributed by atoms with Crippen molar-refractivity contribution in [2.75, 3.05) is 0 Å². The Hall–Kier alpha value is -4.20. The number of hydrogen-bond donors (Lipinski definition) is 2. The predicted molar refractivity (Wildman–Crippen MR) is 125 cm³/mol. The molecule has 8 heteroatoms. The number of carbonyl (C=O) groups excluding carboxylic acids is 1. The Morgan fingerprint density at radius 3 is 2.24 bits per heavy atom. The molecule has 0 atom stereocenters. The van der Waals surface area contributed by atoms with Crippen LogP contribution in [0.2, 0.25) is 0 Å². The van der Waals surface area contributed by atoms with Gasteiger partial charge in [-0.15, -0.1) is 20.4 Å². The normalized spacial score (nSPS) is 16.1. The first kappa shape index (κ1) is 20.7. The molecule has 2 N–H and O–H groups in total. The molecule has 0 bridgehead atoms. The SMILES string of the molecule is CC1(C)CC(=O)C(N=Nc2n[nH]c3nnc(-c4ccccc4)c(-c4ccccc4)c23)=C(O)C1. The van der Waals surface area contributed by atoms with Crippen molar-refractivity contribution in [1.29, 1.82) is 0 Å². The van der Waals surface area contributed by atoms with Gasteiger partial charge in [-0.3, -0.25) is 9.89 Å². The number of carbonyl (C=O) groups is 1. The number of fused-ring (bicyclic) bond motifs is 1. The zero-order valence-electron chi connectivity index (χ0n) is 18.3. The molecule has 0 spiro atoms. The number of rotatable bonds is 4. The van der Waals surface area contributed by atoms with Crippen molar-refractivity contribution >= 4 is 22.6 Å². The number of ketones is 1. The maximum atomic E-state index is 12.5. The van der Waals surface area contributed by atoms with E-state index in [1.807, 2.05) is 74.5 Å². The van der Waals surface area contributed by atoms with Gasteiger partial charge in [-0.25, -0.2) is 0 Å². The number of azo groups is 1. The second-order valence-electron chi connectivity index (χ2n) is 8.86. The van der Waals surface area contributed by atoms with Crippen LogP contribution < -0.4 is 0 Å². The van der Waals surface area contributed by atoms with Crippen molar-refractivity contribution in [3.63, 3.8) is 0 Å². The summed E-state index contributed by atoms with van der Waals surface area (Å²) in [5, 5.41) is 35.3. The molecule has 164 valence electrons. The Bertz CT molecular complexity index is 1410. The van der Waals surface area contributed by atoms with Crippen molar-refractivity contribution in [3.8, 4) is 22.4 Å². The van der Waals surface area contributed by atoms with Crippen LogP contribution >= 0.6 is 0 Å². The summed E-state index contributed by atoms with van der Waals surface area (Å²) in [5.41, 5.74) is 3.45. The molecule has 0 unspecified atom stereocenters. The molecular formula is C25H22N6O2. The first-order chi connectivity index (χ1) is 15.9. The van der Waals surface area contributed by atoms with E-state index in [2.05, 4.69) is 30.6 Å². The van der Waals surface area contributed by atoms with Crippen LogP contribution in [0.15, 0.2) is 82.3 Å². The van der Waals surface area contributed by atoms with E-state index in [1.54, 1.807) is 0 Å². The lowest BCUT2D eigenvalue weighted by atomic mass is 9.78. The monoisotopic (exact) mass is 438 g/mol. The zero-order chi connectivity index (χ0) is 23.0. The number of Topliss-reactive ketones (excluding diaryl/α,β-unsaturated/α-hetero) is 1. The van der Waals surface area contributed by atoms with Crippen LogP contribution in [0, 0.1) is 5.41 Å². The number of allylic oxidation sites excluding steroid dienone is 2. The lowest BCUT2D eigenvalue weighted by Crippen LogP contribution is -2.25. The average molecular weight is 438 g/mol. The number of nitrogens with zero attached hydrogens (tertiary/aromatic N) is 5. The number of aliphatic hydroxyl groups is 1. The van der Waals surface area contributed by atoms with Crippen molar-refractivity contribution in [1.82, 2.24) is 20.4 Å². The van der Waals surface area contributed by atoms with Gasteiger partial charge >= 0.3 is 0 Å². The second-order valence-corrected chi connectivity index (χ2v) is 8.86. The first-order valence-corrected chi connectivity index (χ1v) is 10.7. The van der Waals surface area contributed by atoms with E-state index in [0.29, 0.717) is 29.6 Å². The van der Waals surface area contributed by atoms with Crippen LogP contribution in [0.5, 0.6) is 0 Å². The van der Waals surface area contributed by atoms with Crippen LogP contribution in [0.25, 0.3) is 33.4 Å². The van der Waals surface area contributed by atoms with E-state index in [1.165, 1.54) is 0 Å². The van der Waals surface area contributed by atoms with Crippen molar-refractivity contribution in [3.05, 3.63) is 72.1 Å². The smallest absolute Gasteiger partial charge is 0.205 e. The third-order valence-electron chi connectivity index (χ3n) is 5.64.